The van der Waals surface area contributed by atoms with Gasteiger partial charge < -0.3 is 16.0 Å². The van der Waals surface area contributed by atoms with Crippen LogP contribution in [-0.2, 0) is 4.79 Å². The Hall–Kier alpha value is -1.85. The number of hydrogen-bond donors (Lipinski definition) is 3. The lowest BCUT2D eigenvalue weighted by atomic mass is 10.2. The van der Waals surface area contributed by atoms with E-state index in [2.05, 4.69) is 39.8 Å². The minimum absolute atomic E-state index is 0.133. The fourth-order valence-electron chi connectivity index (χ4n) is 2.00. The summed E-state index contributed by atoms with van der Waals surface area (Å²) in [6.07, 6.45) is 1.50. The van der Waals surface area contributed by atoms with Gasteiger partial charge in [-0.1, -0.05) is 13.8 Å². The molecule has 3 N–H and O–H groups in total. The van der Waals surface area contributed by atoms with Crippen LogP contribution in [0.4, 0.5) is 11.6 Å². The van der Waals surface area contributed by atoms with Crippen LogP contribution in [0.2, 0.25) is 0 Å². The third-order valence-electron chi connectivity index (χ3n) is 3.13. The lowest BCUT2D eigenvalue weighted by molar-refractivity contribution is -0.119. The molecule has 1 amide bonds. The van der Waals surface area contributed by atoms with Crippen molar-refractivity contribution in [1.29, 1.82) is 0 Å². The Balaban J connectivity index is 2.02. The van der Waals surface area contributed by atoms with Crippen LogP contribution < -0.4 is 16.0 Å². The molecule has 2 heterocycles. The molecular formula is C13H21N5O. The first-order valence-electron chi connectivity index (χ1n) is 6.68. The largest absolute Gasteiger partial charge is 0.373 e. The Morgan fingerprint density at radius 3 is 2.74 bits per heavy atom. The van der Waals surface area contributed by atoms with Gasteiger partial charge >= 0.3 is 0 Å². The van der Waals surface area contributed by atoms with Crippen molar-refractivity contribution in [3.05, 3.63) is 11.9 Å². The van der Waals surface area contributed by atoms with E-state index >= 15 is 0 Å². The number of carbonyl (C=O) groups excluding carboxylic acids is 1. The highest BCUT2D eigenvalue weighted by molar-refractivity contribution is 5.78. The maximum absolute atomic E-state index is 11.1. The molecule has 0 radical (unpaired) electrons. The van der Waals surface area contributed by atoms with Crippen molar-refractivity contribution in [2.75, 3.05) is 24.2 Å². The third kappa shape index (κ3) is 3.56. The molecule has 1 aromatic rings. The third-order valence-corrected chi connectivity index (χ3v) is 3.13. The van der Waals surface area contributed by atoms with E-state index in [9.17, 15) is 4.79 Å². The van der Waals surface area contributed by atoms with E-state index in [1.807, 2.05) is 13.1 Å². The Morgan fingerprint density at radius 2 is 2.16 bits per heavy atom. The molecule has 1 fully saturated rings. The van der Waals surface area contributed by atoms with Crippen LogP contribution in [0.3, 0.4) is 0 Å². The molecule has 6 nitrogen and oxygen atoms in total. The molecule has 2 rings (SSSR count). The molecule has 1 unspecified atom stereocenters. The van der Waals surface area contributed by atoms with Crippen LogP contribution in [0.15, 0.2) is 6.07 Å². The van der Waals surface area contributed by atoms with Crippen LogP contribution in [0, 0.1) is 0 Å². The maximum atomic E-state index is 11.1. The van der Waals surface area contributed by atoms with Crippen molar-refractivity contribution in [2.24, 2.45) is 0 Å². The van der Waals surface area contributed by atoms with E-state index in [0.29, 0.717) is 13.0 Å². The molecule has 1 saturated heterocycles. The summed E-state index contributed by atoms with van der Waals surface area (Å²) in [6, 6.07) is 2.07. The minimum atomic E-state index is 0.133. The van der Waals surface area contributed by atoms with Gasteiger partial charge in [-0.3, -0.25) is 4.79 Å². The molecule has 19 heavy (non-hydrogen) atoms. The normalized spacial score (nSPS) is 18.5. The molecule has 0 aromatic carbocycles. The van der Waals surface area contributed by atoms with E-state index < -0.39 is 0 Å². The molecule has 0 bridgehead atoms. The zero-order valence-corrected chi connectivity index (χ0v) is 11.7. The summed E-state index contributed by atoms with van der Waals surface area (Å²) in [6.45, 7) is 4.83. The maximum Gasteiger partial charge on any atom is 0.220 e. The average Bonchev–Trinajstić information content (AvgIpc) is 2.81. The Morgan fingerprint density at radius 1 is 1.42 bits per heavy atom. The first kappa shape index (κ1) is 13.6. The second-order valence-electron chi connectivity index (χ2n) is 5.09. The van der Waals surface area contributed by atoms with Crippen molar-refractivity contribution in [3.8, 4) is 0 Å². The van der Waals surface area contributed by atoms with E-state index in [1.54, 1.807) is 0 Å². The summed E-state index contributed by atoms with van der Waals surface area (Å²) in [4.78, 5) is 20.0. The molecule has 1 atom stereocenters. The molecule has 1 aromatic heterocycles. The summed E-state index contributed by atoms with van der Waals surface area (Å²) in [5, 5.41) is 9.24. The molecule has 6 heteroatoms. The monoisotopic (exact) mass is 263 g/mol. The van der Waals surface area contributed by atoms with Gasteiger partial charge in [0.15, 0.2) is 0 Å². The Labute approximate surface area is 113 Å². The summed E-state index contributed by atoms with van der Waals surface area (Å²) < 4.78 is 0. The van der Waals surface area contributed by atoms with Crippen LogP contribution in [0.25, 0.3) is 0 Å². The topological polar surface area (TPSA) is 78.9 Å². The fourth-order valence-corrected chi connectivity index (χ4v) is 2.00. The smallest absolute Gasteiger partial charge is 0.220 e. The highest BCUT2D eigenvalue weighted by Gasteiger charge is 2.20. The van der Waals surface area contributed by atoms with Gasteiger partial charge in [0.1, 0.15) is 17.5 Å². The van der Waals surface area contributed by atoms with Gasteiger partial charge in [0.25, 0.3) is 0 Å². The van der Waals surface area contributed by atoms with Gasteiger partial charge in [0, 0.05) is 38.0 Å². The lowest BCUT2D eigenvalue weighted by Gasteiger charge is -2.14. The number of hydrogen-bond acceptors (Lipinski definition) is 5. The molecule has 0 aliphatic carbocycles. The van der Waals surface area contributed by atoms with Gasteiger partial charge in [-0.05, 0) is 6.42 Å². The standard InChI is InChI=1S/C13H21N5O/c1-8(2)13-17-10(14-3)6-11(18-13)15-7-9-4-5-12(19)16-9/h6,8-9H,4-5,7H2,1-3H3,(H,16,19)(H2,14,15,17,18). The number of nitrogens with one attached hydrogen (secondary N) is 3. The molecule has 1 aliphatic rings. The number of rotatable bonds is 5. The number of anilines is 2. The number of nitrogens with zero attached hydrogens (tertiary/aromatic N) is 2. The molecular weight excluding hydrogens is 242 g/mol. The quantitative estimate of drug-likeness (QED) is 0.747. The fraction of sp³-hybridized carbons (Fsp3) is 0.615. The predicted octanol–water partition coefficient (Wildman–Crippen LogP) is 1.33. The van der Waals surface area contributed by atoms with Gasteiger partial charge in [-0.15, -0.1) is 0 Å². The first-order valence-corrected chi connectivity index (χ1v) is 6.68. The molecule has 104 valence electrons. The minimum Gasteiger partial charge on any atom is -0.373 e. The number of aromatic nitrogens is 2. The van der Waals surface area contributed by atoms with Gasteiger partial charge in [-0.2, -0.15) is 0 Å². The van der Waals surface area contributed by atoms with Crippen LogP contribution in [-0.4, -0.2) is 35.5 Å². The van der Waals surface area contributed by atoms with E-state index in [0.717, 1.165) is 23.9 Å². The molecule has 0 saturated carbocycles. The summed E-state index contributed by atoms with van der Waals surface area (Å²) in [7, 11) is 1.84. The van der Waals surface area contributed by atoms with Crippen LogP contribution in [0.5, 0.6) is 0 Å². The lowest BCUT2D eigenvalue weighted by Crippen LogP contribution is -2.32. The summed E-state index contributed by atoms with van der Waals surface area (Å²) in [5.41, 5.74) is 0. The van der Waals surface area contributed by atoms with Crippen molar-refractivity contribution in [1.82, 2.24) is 15.3 Å². The Kier molecular flexibility index (Phi) is 4.19. The van der Waals surface area contributed by atoms with Crippen LogP contribution >= 0.6 is 0 Å². The summed E-state index contributed by atoms with van der Waals surface area (Å²) in [5.74, 6) is 2.82. The molecule has 1 aliphatic heterocycles. The SMILES string of the molecule is CNc1cc(NCC2CCC(=O)N2)nc(C(C)C)n1. The summed E-state index contributed by atoms with van der Waals surface area (Å²) >= 11 is 0. The van der Waals surface area contributed by atoms with Gasteiger partial charge in [-0.25, -0.2) is 9.97 Å². The van der Waals surface area contributed by atoms with E-state index in [-0.39, 0.29) is 17.9 Å². The second kappa shape index (κ2) is 5.86. The zero-order chi connectivity index (χ0) is 13.8. The predicted molar refractivity (Wildman–Crippen MR) is 75.3 cm³/mol. The zero-order valence-electron chi connectivity index (χ0n) is 11.7. The number of amides is 1. The van der Waals surface area contributed by atoms with Gasteiger partial charge in [0.2, 0.25) is 5.91 Å². The van der Waals surface area contributed by atoms with Crippen LogP contribution in [0.1, 0.15) is 38.4 Å². The van der Waals surface area contributed by atoms with Crippen molar-refractivity contribution in [3.63, 3.8) is 0 Å². The van der Waals surface area contributed by atoms with Crippen molar-refractivity contribution < 1.29 is 4.79 Å². The molecule has 0 spiro atoms. The Bertz CT molecular complexity index is 460. The first-order chi connectivity index (χ1) is 9.08. The van der Waals surface area contributed by atoms with Gasteiger partial charge in [0.05, 0.1) is 0 Å². The highest BCUT2D eigenvalue weighted by Crippen LogP contribution is 2.17. The van der Waals surface area contributed by atoms with Crippen molar-refractivity contribution >= 4 is 17.5 Å². The second-order valence-corrected chi connectivity index (χ2v) is 5.09. The van der Waals surface area contributed by atoms with Crippen molar-refractivity contribution in [2.45, 2.75) is 38.6 Å². The number of carbonyl (C=O) groups is 1. The van der Waals surface area contributed by atoms with E-state index in [4.69, 9.17) is 0 Å². The van der Waals surface area contributed by atoms with E-state index in [1.165, 1.54) is 0 Å². The average molecular weight is 263 g/mol. The highest BCUT2D eigenvalue weighted by atomic mass is 16.1.